The molecule has 1 aromatic heterocycles. The maximum Gasteiger partial charge on any atom is 0.305 e. The van der Waals surface area contributed by atoms with Crippen LogP contribution in [0.1, 0.15) is 36.4 Å². The molecule has 5 heteroatoms. The first kappa shape index (κ1) is 14.3. The molecule has 0 spiro atoms. The van der Waals surface area contributed by atoms with Crippen LogP contribution < -0.4 is 0 Å². The van der Waals surface area contributed by atoms with E-state index in [9.17, 15) is 9.59 Å². The van der Waals surface area contributed by atoms with Gasteiger partial charge in [0.25, 0.3) is 5.91 Å². The summed E-state index contributed by atoms with van der Waals surface area (Å²) in [5.41, 5.74) is 0.501. The molecule has 0 unspecified atom stereocenters. The highest BCUT2D eigenvalue weighted by Crippen LogP contribution is 2.13. The lowest BCUT2D eigenvalue weighted by Gasteiger charge is -2.23. The molecule has 0 aliphatic heterocycles. The van der Waals surface area contributed by atoms with Gasteiger partial charge in [-0.3, -0.25) is 9.59 Å². The van der Waals surface area contributed by atoms with Gasteiger partial charge in [0.15, 0.2) is 0 Å². The average Bonchev–Trinajstić information content (AvgIpc) is 2.69. The number of carbonyl (C=O) groups is 2. The average molecular weight is 253 g/mol. The fourth-order valence-electron chi connectivity index (χ4n) is 1.72. The third-order valence-electron chi connectivity index (χ3n) is 2.56. The van der Waals surface area contributed by atoms with Crippen molar-refractivity contribution in [3.05, 3.63) is 23.7 Å². The van der Waals surface area contributed by atoms with Crippen molar-refractivity contribution < 1.29 is 19.1 Å². The molecule has 18 heavy (non-hydrogen) atoms. The summed E-state index contributed by atoms with van der Waals surface area (Å²) in [4.78, 5) is 24.4. The van der Waals surface area contributed by atoms with Crippen molar-refractivity contribution in [2.24, 2.45) is 5.92 Å². The van der Waals surface area contributed by atoms with Crippen LogP contribution in [-0.2, 0) is 4.79 Å². The maximum atomic E-state index is 12.2. The molecule has 0 aromatic carbocycles. The molecular formula is C13H19NO4. The quantitative estimate of drug-likeness (QED) is 0.843. The lowest BCUT2D eigenvalue weighted by molar-refractivity contribution is -0.137. The summed E-state index contributed by atoms with van der Waals surface area (Å²) in [5.74, 6) is -0.226. The van der Waals surface area contributed by atoms with Gasteiger partial charge in [0.1, 0.15) is 5.76 Å². The lowest BCUT2D eigenvalue weighted by atomic mass is 10.1. The van der Waals surface area contributed by atoms with Crippen LogP contribution in [0.3, 0.4) is 0 Å². The van der Waals surface area contributed by atoms with E-state index >= 15 is 0 Å². The van der Waals surface area contributed by atoms with Gasteiger partial charge in [-0.05, 0) is 18.9 Å². The molecule has 0 bridgehead atoms. The van der Waals surface area contributed by atoms with Crippen LogP contribution >= 0.6 is 0 Å². The van der Waals surface area contributed by atoms with E-state index in [1.54, 1.807) is 17.9 Å². The van der Waals surface area contributed by atoms with E-state index in [4.69, 9.17) is 9.52 Å². The summed E-state index contributed by atoms with van der Waals surface area (Å²) in [7, 11) is 0. The van der Waals surface area contributed by atoms with Gasteiger partial charge in [0, 0.05) is 13.1 Å². The predicted octanol–water partition coefficient (Wildman–Crippen LogP) is 2.16. The summed E-state index contributed by atoms with van der Waals surface area (Å²) in [6, 6.07) is 1.62. The number of aliphatic carboxylic acids is 1. The molecule has 1 aromatic rings. The second kappa shape index (κ2) is 6.23. The smallest absolute Gasteiger partial charge is 0.305 e. The molecule has 1 rings (SSSR count). The van der Waals surface area contributed by atoms with E-state index in [-0.39, 0.29) is 24.8 Å². The Labute approximate surface area is 106 Å². The van der Waals surface area contributed by atoms with Gasteiger partial charge in [-0.1, -0.05) is 13.8 Å². The zero-order valence-corrected chi connectivity index (χ0v) is 11.0. The standard InChI is InChI=1S/C13H19NO4/c1-9(2)8-14(6-4-12(15)16)13(17)11-5-7-18-10(11)3/h5,7,9H,4,6,8H2,1-3H3,(H,15,16). The lowest BCUT2D eigenvalue weighted by Crippen LogP contribution is -2.36. The molecule has 0 saturated heterocycles. The third kappa shape index (κ3) is 3.91. The summed E-state index contributed by atoms with van der Waals surface area (Å²) in [6.07, 6.45) is 1.42. The summed E-state index contributed by atoms with van der Waals surface area (Å²) in [5, 5.41) is 8.71. The van der Waals surface area contributed by atoms with Crippen LogP contribution in [0.5, 0.6) is 0 Å². The summed E-state index contributed by atoms with van der Waals surface area (Å²) in [6.45, 7) is 6.46. The predicted molar refractivity (Wildman–Crippen MR) is 66.4 cm³/mol. The first-order chi connectivity index (χ1) is 8.41. The normalized spacial score (nSPS) is 10.7. The van der Waals surface area contributed by atoms with E-state index in [1.165, 1.54) is 6.26 Å². The number of nitrogens with zero attached hydrogens (tertiary/aromatic N) is 1. The molecule has 100 valence electrons. The minimum atomic E-state index is -0.902. The highest BCUT2D eigenvalue weighted by Gasteiger charge is 2.20. The molecule has 0 aliphatic carbocycles. The van der Waals surface area contributed by atoms with Crippen LogP contribution in [-0.4, -0.2) is 35.0 Å². The Morgan fingerprint density at radius 3 is 2.56 bits per heavy atom. The number of aryl methyl sites for hydroxylation is 1. The zero-order valence-electron chi connectivity index (χ0n) is 11.0. The number of hydrogen-bond donors (Lipinski definition) is 1. The van der Waals surface area contributed by atoms with E-state index in [0.29, 0.717) is 17.9 Å². The maximum absolute atomic E-state index is 12.2. The fraction of sp³-hybridized carbons (Fsp3) is 0.538. The Bertz CT molecular complexity index is 422. The molecule has 0 fully saturated rings. The third-order valence-corrected chi connectivity index (χ3v) is 2.56. The van der Waals surface area contributed by atoms with Gasteiger partial charge in [-0.15, -0.1) is 0 Å². The Hall–Kier alpha value is -1.78. The fourth-order valence-corrected chi connectivity index (χ4v) is 1.72. The van der Waals surface area contributed by atoms with Gasteiger partial charge in [0.2, 0.25) is 0 Å². The first-order valence-electron chi connectivity index (χ1n) is 5.97. The molecular weight excluding hydrogens is 234 g/mol. The van der Waals surface area contributed by atoms with Crippen LogP contribution in [0.2, 0.25) is 0 Å². The minimum absolute atomic E-state index is 0.0463. The molecule has 0 atom stereocenters. The van der Waals surface area contributed by atoms with Crippen molar-refractivity contribution in [2.75, 3.05) is 13.1 Å². The van der Waals surface area contributed by atoms with Gasteiger partial charge >= 0.3 is 5.97 Å². The highest BCUT2D eigenvalue weighted by atomic mass is 16.4. The molecule has 5 nitrogen and oxygen atoms in total. The van der Waals surface area contributed by atoms with Crippen molar-refractivity contribution in [1.82, 2.24) is 4.90 Å². The molecule has 1 N–H and O–H groups in total. The first-order valence-corrected chi connectivity index (χ1v) is 5.97. The highest BCUT2D eigenvalue weighted by molar-refractivity contribution is 5.95. The van der Waals surface area contributed by atoms with Crippen molar-refractivity contribution in [1.29, 1.82) is 0 Å². The number of amides is 1. The number of rotatable bonds is 6. The van der Waals surface area contributed by atoms with Crippen molar-refractivity contribution in [3.8, 4) is 0 Å². The number of carbonyl (C=O) groups excluding carboxylic acids is 1. The minimum Gasteiger partial charge on any atom is -0.481 e. The van der Waals surface area contributed by atoms with Gasteiger partial charge in [-0.25, -0.2) is 0 Å². The van der Waals surface area contributed by atoms with Crippen LogP contribution in [0, 0.1) is 12.8 Å². The van der Waals surface area contributed by atoms with Crippen molar-refractivity contribution >= 4 is 11.9 Å². The van der Waals surface area contributed by atoms with Gasteiger partial charge in [-0.2, -0.15) is 0 Å². The van der Waals surface area contributed by atoms with E-state index in [1.807, 2.05) is 13.8 Å². The van der Waals surface area contributed by atoms with Crippen molar-refractivity contribution in [3.63, 3.8) is 0 Å². The second-order valence-corrected chi connectivity index (χ2v) is 4.68. The Morgan fingerprint density at radius 2 is 2.11 bits per heavy atom. The SMILES string of the molecule is Cc1occc1C(=O)N(CCC(=O)O)CC(C)C. The molecule has 0 radical (unpaired) electrons. The number of furan rings is 1. The summed E-state index contributed by atoms with van der Waals surface area (Å²) < 4.78 is 5.10. The Balaban J connectivity index is 2.78. The van der Waals surface area contributed by atoms with Crippen LogP contribution in [0.25, 0.3) is 0 Å². The van der Waals surface area contributed by atoms with Gasteiger partial charge < -0.3 is 14.4 Å². The van der Waals surface area contributed by atoms with Crippen LogP contribution in [0.4, 0.5) is 0 Å². The van der Waals surface area contributed by atoms with Gasteiger partial charge in [0.05, 0.1) is 18.2 Å². The molecule has 0 saturated carbocycles. The van der Waals surface area contributed by atoms with E-state index in [2.05, 4.69) is 0 Å². The van der Waals surface area contributed by atoms with E-state index < -0.39 is 5.97 Å². The topological polar surface area (TPSA) is 70.8 Å². The number of hydrogen-bond acceptors (Lipinski definition) is 3. The second-order valence-electron chi connectivity index (χ2n) is 4.68. The monoisotopic (exact) mass is 253 g/mol. The summed E-state index contributed by atoms with van der Waals surface area (Å²) >= 11 is 0. The number of carboxylic acid groups (broad SMARTS) is 1. The molecule has 1 heterocycles. The van der Waals surface area contributed by atoms with Crippen molar-refractivity contribution in [2.45, 2.75) is 27.2 Å². The number of carboxylic acids is 1. The van der Waals surface area contributed by atoms with Crippen LogP contribution in [0.15, 0.2) is 16.7 Å². The largest absolute Gasteiger partial charge is 0.481 e. The zero-order chi connectivity index (χ0) is 13.7. The Kier molecular flexibility index (Phi) is 4.95. The Morgan fingerprint density at radius 1 is 1.44 bits per heavy atom. The molecule has 1 amide bonds. The van der Waals surface area contributed by atoms with E-state index in [0.717, 1.165) is 0 Å². The molecule has 0 aliphatic rings.